The van der Waals surface area contributed by atoms with Crippen LogP contribution in [0, 0.1) is 5.92 Å². The standard InChI is InChI=1S/C9H12F7NO/c1-5(2)3-17(4-8(12,13)14)7(18)9(15,16)6(10)11/h5-6H,3-4H2,1-2H3. The number of nitrogens with zero attached hydrogens (tertiary/aromatic N) is 1. The molecule has 0 unspecified atom stereocenters. The maximum absolute atomic E-state index is 12.7. The van der Waals surface area contributed by atoms with Gasteiger partial charge in [-0.1, -0.05) is 13.8 Å². The summed E-state index contributed by atoms with van der Waals surface area (Å²) in [6, 6.07) is 0. The van der Waals surface area contributed by atoms with Crippen LogP contribution in [0.4, 0.5) is 30.7 Å². The summed E-state index contributed by atoms with van der Waals surface area (Å²) in [6.07, 6.45) is -9.27. The highest BCUT2D eigenvalue weighted by atomic mass is 19.4. The number of amides is 1. The molecule has 0 aromatic heterocycles. The van der Waals surface area contributed by atoms with Crippen molar-refractivity contribution >= 4 is 5.91 Å². The third-order valence-electron chi connectivity index (χ3n) is 1.80. The molecule has 1 amide bonds. The molecule has 0 fully saturated rings. The first-order valence-electron chi connectivity index (χ1n) is 4.90. The van der Waals surface area contributed by atoms with Gasteiger partial charge in [-0.15, -0.1) is 0 Å². The third-order valence-corrected chi connectivity index (χ3v) is 1.80. The van der Waals surface area contributed by atoms with E-state index in [4.69, 9.17) is 0 Å². The van der Waals surface area contributed by atoms with Gasteiger partial charge in [-0.05, 0) is 5.92 Å². The van der Waals surface area contributed by atoms with Crippen molar-refractivity contribution in [2.75, 3.05) is 13.1 Å². The van der Waals surface area contributed by atoms with Crippen molar-refractivity contribution in [3.63, 3.8) is 0 Å². The maximum Gasteiger partial charge on any atom is 0.406 e. The molecule has 0 heterocycles. The van der Waals surface area contributed by atoms with E-state index in [2.05, 4.69) is 0 Å². The van der Waals surface area contributed by atoms with Gasteiger partial charge in [0.2, 0.25) is 0 Å². The van der Waals surface area contributed by atoms with E-state index in [1.165, 1.54) is 13.8 Å². The number of hydrogen-bond acceptors (Lipinski definition) is 1. The van der Waals surface area contributed by atoms with Crippen LogP contribution in [-0.4, -0.2) is 42.4 Å². The molecule has 18 heavy (non-hydrogen) atoms. The number of carbonyl (C=O) groups is 1. The fourth-order valence-electron chi connectivity index (χ4n) is 1.18. The smallest absolute Gasteiger partial charge is 0.328 e. The van der Waals surface area contributed by atoms with Crippen molar-refractivity contribution in [2.24, 2.45) is 5.92 Å². The largest absolute Gasteiger partial charge is 0.406 e. The van der Waals surface area contributed by atoms with E-state index in [0.717, 1.165) is 0 Å². The molecule has 0 spiro atoms. The van der Waals surface area contributed by atoms with Crippen LogP contribution in [0.15, 0.2) is 0 Å². The van der Waals surface area contributed by atoms with Crippen LogP contribution < -0.4 is 0 Å². The highest BCUT2D eigenvalue weighted by Crippen LogP contribution is 2.27. The summed E-state index contributed by atoms with van der Waals surface area (Å²) in [4.78, 5) is 10.7. The minimum atomic E-state index is -5.11. The number of hydrogen-bond donors (Lipinski definition) is 0. The SMILES string of the molecule is CC(C)CN(CC(F)(F)F)C(=O)C(F)(F)C(F)F. The molecule has 0 atom stereocenters. The Labute approximate surface area is 98.7 Å². The Bertz CT molecular complexity index is 287. The quantitative estimate of drug-likeness (QED) is 0.710. The average Bonchev–Trinajstić information content (AvgIpc) is 2.12. The molecular formula is C9H12F7NO. The molecule has 0 rings (SSSR count). The second-order valence-electron chi connectivity index (χ2n) is 4.12. The van der Waals surface area contributed by atoms with Crippen LogP contribution in [0.1, 0.15) is 13.8 Å². The summed E-state index contributed by atoms with van der Waals surface area (Å²) in [5.74, 6) is -8.19. The molecule has 108 valence electrons. The zero-order valence-electron chi connectivity index (χ0n) is 9.57. The highest BCUT2D eigenvalue weighted by Gasteiger charge is 2.52. The summed E-state index contributed by atoms with van der Waals surface area (Å²) in [5, 5.41) is 0. The van der Waals surface area contributed by atoms with E-state index >= 15 is 0 Å². The van der Waals surface area contributed by atoms with Crippen LogP contribution in [-0.2, 0) is 4.79 Å². The Morgan fingerprint density at radius 1 is 1.11 bits per heavy atom. The zero-order chi connectivity index (χ0) is 14.7. The Morgan fingerprint density at radius 3 is 1.83 bits per heavy atom. The zero-order valence-corrected chi connectivity index (χ0v) is 9.57. The molecule has 0 N–H and O–H groups in total. The lowest BCUT2D eigenvalue weighted by Gasteiger charge is -2.28. The first-order chi connectivity index (χ1) is 7.88. The van der Waals surface area contributed by atoms with Crippen LogP contribution in [0.5, 0.6) is 0 Å². The van der Waals surface area contributed by atoms with Crippen LogP contribution in [0.2, 0.25) is 0 Å². The van der Waals surface area contributed by atoms with Crippen molar-refractivity contribution in [1.82, 2.24) is 4.90 Å². The van der Waals surface area contributed by atoms with Crippen LogP contribution in [0.25, 0.3) is 0 Å². The third kappa shape index (κ3) is 5.09. The molecule has 2 nitrogen and oxygen atoms in total. The van der Waals surface area contributed by atoms with Crippen molar-refractivity contribution < 1.29 is 35.5 Å². The van der Waals surface area contributed by atoms with Crippen LogP contribution >= 0.6 is 0 Å². The van der Waals surface area contributed by atoms with Gasteiger partial charge in [0.1, 0.15) is 6.54 Å². The molecule has 0 aromatic rings. The van der Waals surface area contributed by atoms with Gasteiger partial charge in [-0.25, -0.2) is 8.78 Å². The first-order valence-corrected chi connectivity index (χ1v) is 4.90. The summed E-state index contributed by atoms with van der Waals surface area (Å²) in [7, 11) is 0. The van der Waals surface area contributed by atoms with Gasteiger partial charge in [0.15, 0.2) is 0 Å². The summed E-state index contributed by atoms with van der Waals surface area (Å²) in [5.41, 5.74) is 0. The van der Waals surface area contributed by atoms with Crippen molar-refractivity contribution in [2.45, 2.75) is 32.4 Å². The van der Waals surface area contributed by atoms with Crippen molar-refractivity contribution in [1.29, 1.82) is 0 Å². The number of halogens is 7. The monoisotopic (exact) mass is 283 g/mol. The van der Waals surface area contributed by atoms with Gasteiger partial charge in [0, 0.05) is 6.54 Å². The lowest BCUT2D eigenvalue weighted by atomic mass is 10.2. The van der Waals surface area contributed by atoms with Crippen molar-refractivity contribution in [3.8, 4) is 0 Å². The van der Waals surface area contributed by atoms with E-state index in [1.807, 2.05) is 0 Å². The summed E-state index contributed by atoms with van der Waals surface area (Å²) < 4.78 is 85.5. The maximum atomic E-state index is 12.7. The summed E-state index contributed by atoms with van der Waals surface area (Å²) >= 11 is 0. The Hall–Kier alpha value is -1.02. The molecule has 9 heteroatoms. The minimum absolute atomic E-state index is 0.295. The minimum Gasteiger partial charge on any atom is -0.328 e. The predicted octanol–water partition coefficient (Wildman–Crippen LogP) is 2.93. The molecule has 0 aliphatic carbocycles. The molecule has 0 radical (unpaired) electrons. The first kappa shape index (κ1) is 17.0. The van der Waals surface area contributed by atoms with Crippen molar-refractivity contribution in [3.05, 3.63) is 0 Å². The second kappa shape index (κ2) is 5.75. The molecule has 0 saturated carbocycles. The molecule has 0 saturated heterocycles. The van der Waals surface area contributed by atoms with Gasteiger partial charge in [-0.3, -0.25) is 4.79 Å². The predicted molar refractivity (Wildman–Crippen MR) is 48.4 cm³/mol. The second-order valence-corrected chi connectivity index (χ2v) is 4.12. The molecular weight excluding hydrogens is 271 g/mol. The molecule has 0 bridgehead atoms. The van der Waals surface area contributed by atoms with E-state index in [9.17, 15) is 35.5 Å². The normalized spacial score (nSPS) is 13.3. The van der Waals surface area contributed by atoms with Gasteiger partial charge in [0.05, 0.1) is 0 Å². The van der Waals surface area contributed by atoms with Gasteiger partial charge < -0.3 is 4.90 Å². The van der Waals surface area contributed by atoms with E-state index < -0.39 is 43.4 Å². The van der Waals surface area contributed by atoms with E-state index in [-0.39, 0.29) is 4.90 Å². The fourth-order valence-corrected chi connectivity index (χ4v) is 1.18. The van der Waals surface area contributed by atoms with Crippen LogP contribution in [0.3, 0.4) is 0 Å². The Kier molecular flexibility index (Phi) is 5.42. The average molecular weight is 283 g/mol. The Balaban J connectivity index is 5.02. The molecule has 0 aromatic carbocycles. The Morgan fingerprint density at radius 2 is 1.56 bits per heavy atom. The van der Waals surface area contributed by atoms with E-state index in [0.29, 0.717) is 0 Å². The lowest BCUT2D eigenvalue weighted by molar-refractivity contribution is -0.194. The topological polar surface area (TPSA) is 20.3 Å². The lowest BCUT2D eigenvalue weighted by Crippen LogP contribution is -2.51. The number of carbonyl (C=O) groups excluding carboxylic acids is 1. The molecule has 0 aliphatic heterocycles. The number of alkyl halides is 7. The molecule has 0 aliphatic rings. The van der Waals surface area contributed by atoms with Gasteiger partial charge in [0.25, 0.3) is 5.91 Å². The number of rotatable bonds is 5. The highest BCUT2D eigenvalue weighted by molar-refractivity contribution is 5.84. The summed E-state index contributed by atoms with van der Waals surface area (Å²) in [6.45, 7) is 0.0846. The van der Waals surface area contributed by atoms with E-state index in [1.54, 1.807) is 0 Å². The van der Waals surface area contributed by atoms with Gasteiger partial charge >= 0.3 is 18.5 Å². The van der Waals surface area contributed by atoms with Gasteiger partial charge in [-0.2, -0.15) is 22.0 Å². The fraction of sp³-hybridized carbons (Fsp3) is 0.889.